The highest BCUT2D eigenvalue weighted by atomic mass is 32.1. The first-order valence-electron chi connectivity index (χ1n) is 6.57. The Labute approximate surface area is 116 Å². The number of aryl methyl sites for hydroxylation is 1. The molecule has 0 radical (unpaired) electrons. The van der Waals surface area contributed by atoms with Crippen molar-refractivity contribution in [3.8, 4) is 0 Å². The number of fused-ring (bicyclic) bond motifs is 1. The van der Waals surface area contributed by atoms with Crippen LogP contribution in [0.2, 0.25) is 0 Å². The zero-order chi connectivity index (χ0) is 13.4. The van der Waals surface area contributed by atoms with Gasteiger partial charge in [0.25, 0.3) is 5.91 Å². The summed E-state index contributed by atoms with van der Waals surface area (Å²) in [6.07, 6.45) is 3.72. The van der Waals surface area contributed by atoms with Gasteiger partial charge in [0.15, 0.2) is 0 Å². The molecule has 100 valence electrons. The van der Waals surface area contributed by atoms with Gasteiger partial charge in [-0.1, -0.05) is 6.92 Å². The van der Waals surface area contributed by atoms with E-state index in [1.165, 1.54) is 10.4 Å². The standard InChI is InChI=1S/C14H17N3OS/c1-3-12-10-6-9-19-13(10)5-8-17(12)14(18)11-4-7-16(2)15-11/h4,6-7,9,12H,3,5,8H2,1-2H3. The lowest BCUT2D eigenvalue weighted by molar-refractivity contribution is 0.0650. The lowest BCUT2D eigenvalue weighted by Gasteiger charge is -2.35. The molecule has 2 aromatic heterocycles. The molecule has 1 aliphatic heterocycles. The van der Waals surface area contributed by atoms with Gasteiger partial charge >= 0.3 is 0 Å². The summed E-state index contributed by atoms with van der Waals surface area (Å²) < 4.78 is 1.67. The van der Waals surface area contributed by atoms with Crippen LogP contribution in [0.15, 0.2) is 23.7 Å². The molecule has 0 saturated carbocycles. The molecular formula is C14H17N3OS. The SMILES string of the molecule is CCC1c2ccsc2CCN1C(=O)c1ccn(C)n1. The number of carbonyl (C=O) groups is 1. The lowest BCUT2D eigenvalue weighted by Crippen LogP contribution is -2.39. The second kappa shape index (κ2) is 4.81. The van der Waals surface area contributed by atoms with E-state index >= 15 is 0 Å². The summed E-state index contributed by atoms with van der Waals surface area (Å²) in [5.41, 5.74) is 1.86. The first-order chi connectivity index (χ1) is 9.20. The van der Waals surface area contributed by atoms with Crippen LogP contribution in [0, 0.1) is 0 Å². The molecule has 0 spiro atoms. The van der Waals surface area contributed by atoms with Crippen LogP contribution in [0.5, 0.6) is 0 Å². The number of aromatic nitrogens is 2. The van der Waals surface area contributed by atoms with Gasteiger partial charge in [-0.25, -0.2) is 0 Å². The predicted molar refractivity (Wildman–Crippen MR) is 75.3 cm³/mol. The quantitative estimate of drug-likeness (QED) is 0.845. The van der Waals surface area contributed by atoms with E-state index in [-0.39, 0.29) is 11.9 Å². The van der Waals surface area contributed by atoms with Crippen LogP contribution in [0.1, 0.15) is 40.3 Å². The third-order valence-corrected chi connectivity index (χ3v) is 4.67. The molecule has 3 heterocycles. The molecule has 19 heavy (non-hydrogen) atoms. The summed E-state index contributed by atoms with van der Waals surface area (Å²) in [5.74, 6) is 0.0456. The van der Waals surface area contributed by atoms with Crippen molar-refractivity contribution in [3.63, 3.8) is 0 Å². The molecular weight excluding hydrogens is 258 g/mol. The van der Waals surface area contributed by atoms with Gasteiger partial charge in [-0.05, 0) is 35.9 Å². The van der Waals surface area contributed by atoms with E-state index in [4.69, 9.17) is 0 Å². The van der Waals surface area contributed by atoms with Crippen molar-refractivity contribution in [2.24, 2.45) is 7.05 Å². The fraction of sp³-hybridized carbons (Fsp3) is 0.429. The zero-order valence-corrected chi connectivity index (χ0v) is 12.0. The fourth-order valence-corrected chi connectivity index (χ4v) is 3.68. The molecule has 1 aliphatic rings. The van der Waals surface area contributed by atoms with E-state index in [9.17, 15) is 4.79 Å². The number of hydrogen-bond acceptors (Lipinski definition) is 3. The Bertz CT molecular complexity index is 601. The van der Waals surface area contributed by atoms with Crippen molar-refractivity contribution in [1.82, 2.24) is 14.7 Å². The molecule has 4 nitrogen and oxygen atoms in total. The highest BCUT2D eigenvalue weighted by Gasteiger charge is 2.31. The maximum absolute atomic E-state index is 12.6. The normalized spacial score (nSPS) is 18.4. The van der Waals surface area contributed by atoms with Gasteiger partial charge in [0.05, 0.1) is 6.04 Å². The van der Waals surface area contributed by atoms with E-state index in [1.807, 2.05) is 18.1 Å². The maximum Gasteiger partial charge on any atom is 0.274 e. The summed E-state index contributed by atoms with van der Waals surface area (Å²) in [6.45, 7) is 2.93. The Balaban J connectivity index is 1.91. The minimum Gasteiger partial charge on any atom is -0.330 e. The van der Waals surface area contributed by atoms with Gasteiger partial charge in [-0.2, -0.15) is 5.10 Å². The highest BCUT2D eigenvalue weighted by Crippen LogP contribution is 2.35. The van der Waals surface area contributed by atoms with Crippen LogP contribution in [0.25, 0.3) is 0 Å². The van der Waals surface area contributed by atoms with E-state index in [1.54, 1.807) is 22.1 Å². The predicted octanol–water partition coefficient (Wildman–Crippen LogP) is 2.63. The van der Waals surface area contributed by atoms with Crippen molar-refractivity contribution in [1.29, 1.82) is 0 Å². The molecule has 0 aliphatic carbocycles. The Morgan fingerprint density at radius 3 is 3.05 bits per heavy atom. The number of amides is 1. The van der Waals surface area contributed by atoms with Gasteiger partial charge in [-0.3, -0.25) is 9.48 Å². The van der Waals surface area contributed by atoms with Crippen molar-refractivity contribution >= 4 is 17.2 Å². The van der Waals surface area contributed by atoms with Crippen LogP contribution in [0.4, 0.5) is 0 Å². The van der Waals surface area contributed by atoms with Crippen LogP contribution >= 0.6 is 11.3 Å². The second-order valence-electron chi connectivity index (χ2n) is 4.85. The lowest BCUT2D eigenvalue weighted by atomic mass is 9.97. The van der Waals surface area contributed by atoms with E-state index < -0.39 is 0 Å². The zero-order valence-electron chi connectivity index (χ0n) is 11.2. The number of thiophene rings is 1. The highest BCUT2D eigenvalue weighted by molar-refractivity contribution is 7.10. The molecule has 3 rings (SSSR count). The fourth-order valence-electron chi connectivity index (χ4n) is 2.76. The Morgan fingerprint density at radius 2 is 2.37 bits per heavy atom. The Morgan fingerprint density at radius 1 is 1.53 bits per heavy atom. The van der Waals surface area contributed by atoms with Crippen LogP contribution < -0.4 is 0 Å². The topological polar surface area (TPSA) is 38.1 Å². The molecule has 0 saturated heterocycles. The van der Waals surface area contributed by atoms with Gasteiger partial charge in [0.2, 0.25) is 0 Å². The average Bonchev–Trinajstić information content (AvgIpc) is 3.04. The monoisotopic (exact) mass is 275 g/mol. The minimum atomic E-state index is 0.0456. The van der Waals surface area contributed by atoms with E-state index in [0.717, 1.165) is 19.4 Å². The third kappa shape index (κ3) is 2.08. The van der Waals surface area contributed by atoms with Gasteiger partial charge < -0.3 is 4.90 Å². The van der Waals surface area contributed by atoms with Crippen molar-refractivity contribution in [3.05, 3.63) is 39.8 Å². The van der Waals surface area contributed by atoms with Gasteiger partial charge in [0, 0.05) is 24.7 Å². The summed E-state index contributed by atoms with van der Waals surface area (Å²) in [5, 5.41) is 6.35. The average molecular weight is 275 g/mol. The Hall–Kier alpha value is -1.62. The Kier molecular flexibility index (Phi) is 3.14. The molecule has 5 heteroatoms. The first kappa shape index (κ1) is 12.4. The number of carbonyl (C=O) groups excluding carboxylic acids is 1. The van der Waals surface area contributed by atoms with Gasteiger partial charge in [-0.15, -0.1) is 11.3 Å². The van der Waals surface area contributed by atoms with Crippen LogP contribution in [-0.4, -0.2) is 27.1 Å². The minimum absolute atomic E-state index is 0.0456. The third-order valence-electron chi connectivity index (χ3n) is 3.68. The van der Waals surface area contributed by atoms with Crippen molar-refractivity contribution in [2.75, 3.05) is 6.54 Å². The first-order valence-corrected chi connectivity index (χ1v) is 7.45. The summed E-state index contributed by atoms with van der Waals surface area (Å²) in [7, 11) is 1.83. The second-order valence-corrected chi connectivity index (χ2v) is 5.85. The molecule has 1 amide bonds. The summed E-state index contributed by atoms with van der Waals surface area (Å²) in [6, 6.07) is 4.15. The molecule has 1 unspecified atom stereocenters. The molecule has 1 atom stereocenters. The largest absolute Gasteiger partial charge is 0.330 e. The number of nitrogens with zero attached hydrogens (tertiary/aromatic N) is 3. The molecule has 0 aromatic carbocycles. The van der Waals surface area contributed by atoms with E-state index in [2.05, 4.69) is 23.5 Å². The molecule has 0 fully saturated rings. The molecule has 2 aromatic rings. The summed E-state index contributed by atoms with van der Waals surface area (Å²) in [4.78, 5) is 16.0. The van der Waals surface area contributed by atoms with Crippen LogP contribution in [0.3, 0.4) is 0 Å². The maximum atomic E-state index is 12.6. The molecule has 0 N–H and O–H groups in total. The van der Waals surface area contributed by atoms with Crippen molar-refractivity contribution < 1.29 is 4.79 Å². The van der Waals surface area contributed by atoms with E-state index in [0.29, 0.717) is 5.69 Å². The van der Waals surface area contributed by atoms with Crippen molar-refractivity contribution in [2.45, 2.75) is 25.8 Å². The summed E-state index contributed by atoms with van der Waals surface area (Å²) >= 11 is 1.80. The molecule has 0 bridgehead atoms. The number of hydrogen-bond donors (Lipinski definition) is 0. The van der Waals surface area contributed by atoms with Crippen LogP contribution in [-0.2, 0) is 13.5 Å². The smallest absolute Gasteiger partial charge is 0.274 e. The van der Waals surface area contributed by atoms with Gasteiger partial charge in [0.1, 0.15) is 5.69 Å². The number of rotatable bonds is 2.